The van der Waals surface area contributed by atoms with E-state index >= 15 is 0 Å². The number of pyridine rings is 2. The summed E-state index contributed by atoms with van der Waals surface area (Å²) < 4.78 is 45.5. The third-order valence-corrected chi connectivity index (χ3v) is 5.79. The summed E-state index contributed by atoms with van der Waals surface area (Å²) in [5, 5.41) is 2.12. The van der Waals surface area contributed by atoms with E-state index in [1.165, 1.54) is 36.7 Å². The molecule has 0 radical (unpaired) electrons. The number of rotatable bonds is 9. The highest BCUT2D eigenvalue weighted by atomic mass is 35.5. The van der Waals surface area contributed by atoms with Crippen LogP contribution in [-0.2, 0) is 0 Å². The molecule has 1 amide bonds. The minimum absolute atomic E-state index is 0.194. The van der Waals surface area contributed by atoms with Gasteiger partial charge in [0.1, 0.15) is 16.5 Å². The van der Waals surface area contributed by atoms with E-state index in [0.29, 0.717) is 24.6 Å². The summed E-state index contributed by atoms with van der Waals surface area (Å²) in [4.78, 5) is 22.2. The molecule has 0 bridgehead atoms. The smallest absolute Gasteiger partial charge is 0.414 e. The third-order valence-electron chi connectivity index (χ3n) is 5.50. The average molecular weight is 515 g/mol. The quantitative estimate of drug-likeness (QED) is 0.439. The van der Waals surface area contributed by atoms with Gasteiger partial charge in [-0.3, -0.25) is 14.7 Å². The van der Waals surface area contributed by atoms with Gasteiger partial charge in [-0.1, -0.05) is 24.6 Å². The van der Waals surface area contributed by atoms with E-state index in [-0.39, 0.29) is 22.2 Å². The van der Waals surface area contributed by atoms with Crippen LogP contribution in [-0.4, -0.2) is 52.2 Å². The van der Waals surface area contributed by atoms with E-state index in [4.69, 9.17) is 16.3 Å². The molecule has 6 nitrogen and oxygen atoms in total. The van der Waals surface area contributed by atoms with Gasteiger partial charge in [-0.25, -0.2) is 4.98 Å². The van der Waals surface area contributed by atoms with Crippen LogP contribution in [0.4, 0.5) is 13.2 Å². The summed E-state index contributed by atoms with van der Waals surface area (Å²) in [6.45, 7) is 12.8. The molecule has 2 aromatic heterocycles. The van der Waals surface area contributed by atoms with E-state index in [9.17, 15) is 18.0 Å². The van der Waals surface area contributed by atoms with Crippen molar-refractivity contribution in [3.8, 4) is 5.75 Å². The highest BCUT2D eigenvalue weighted by molar-refractivity contribution is 6.32. The van der Waals surface area contributed by atoms with Gasteiger partial charge in [0.05, 0.1) is 18.5 Å². The van der Waals surface area contributed by atoms with Gasteiger partial charge < -0.3 is 10.1 Å². The van der Waals surface area contributed by atoms with Crippen LogP contribution in [0, 0.1) is 5.92 Å². The first kappa shape index (κ1) is 28.8. The monoisotopic (exact) mass is 514 g/mol. The molecule has 0 aromatic carbocycles. The lowest BCUT2D eigenvalue weighted by Gasteiger charge is -2.28. The maximum Gasteiger partial charge on any atom is 0.414 e. The number of carbonyl (C=O) groups is 1. The van der Waals surface area contributed by atoms with Gasteiger partial charge in [-0.15, -0.1) is 0 Å². The number of halogens is 4. The van der Waals surface area contributed by atoms with Crippen LogP contribution in [0.5, 0.6) is 5.75 Å². The highest BCUT2D eigenvalue weighted by Gasteiger charge is 2.43. The Labute approximate surface area is 210 Å². The second kappa shape index (κ2) is 13.1. The summed E-state index contributed by atoms with van der Waals surface area (Å²) in [5.41, 5.74) is -0.530. The number of aromatic nitrogens is 2. The molecular weight excluding hydrogens is 481 g/mol. The number of hydrogen-bond acceptors (Lipinski definition) is 5. The predicted octanol–water partition coefficient (Wildman–Crippen LogP) is 6.08. The van der Waals surface area contributed by atoms with Crippen LogP contribution in [0.1, 0.15) is 69.7 Å². The first-order valence-electron chi connectivity index (χ1n) is 11.8. The summed E-state index contributed by atoms with van der Waals surface area (Å²) in [6, 6.07) is 4.47. The second-order valence-electron chi connectivity index (χ2n) is 8.97. The van der Waals surface area contributed by atoms with E-state index < -0.39 is 18.1 Å². The maximum atomic E-state index is 13.3. The molecule has 1 atom stereocenters. The maximum absolute atomic E-state index is 13.3. The van der Waals surface area contributed by atoms with Gasteiger partial charge in [0.15, 0.2) is 6.04 Å². The van der Waals surface area contributed by atoms with Gasteiger partial charge in [-0.2, -0.15) is 13.2 Å². The molecule has 1 N–H and O–H groups in total. The van der Waals surface area contributed by atoms with Crippen LogP contribution in [0.25, 0.3) is 0 Å². The molecule has 0 aliphatic heterocycles. The van der Waals surface area contributed by atoms with Crippen LogP contribution < -0.4 is 10.1 Å². The van der Waals surface area contributed by atoms with E-state index in [1.54, 1.807) is 0 Å². The zero-order valence-electron chi connectivity index (χ0n) is 20.8. The molecule has 1 unspecified atom stereocenters. The van der Waals surface area contributed by atoms with E-state index in [0.717, 1.165) is 19.4 Å². The summed E-state index contributed by atoms with van der Waals surface area (Å²) in [6.07, 6.45) is -0.171. The van der Waals surface area contributed by atoms with Crippen molar-refractivity contribution in [2.75, 3.05) is 13.2 Å². The Morgan fingerprint density at radius 3 is 2.31 bits per heavy atom. The number of ether oxygens (including phenoxy) is 1. The number of alkyl halides is 3. The van der Waals surface area contributed by atoms with Crippen LogP contribution in [0.2, 0.25) is 5.02 Å². The number of hydrogen-bond donors (Lipinski definition) is 1. The van der Waals surface area contributed by atoms with Gasteiger partial charge in [0.25, 0.3) is 5.91 Å². The molecule has 2 heterocycles. The highest BCUT2D eigenvalue weighted by Crippen LogP contribution is 2.33. The van der Waals surface area contributed by atoms with E-state index in [1.807, 2.05) is 5.32 Å². The standard InChI is InChI=1S/C17H15ClF3N3O2.C8H19N/c18-11-8-23-13(7-14(11)26-9-10-4-5-10)16(25)24-15(17(19,20)21)12-3-1-2-6-22-12;1-6-9(7(2)3)8(4)5/h1-3,6-8,10,15H,4-5,9H2,(H,24,25);7-8H,6H2,1-5H3. The SMILES string of the molecule is CCN(C(C)C)C(C)C.O=C(NC(c1ccccn1)C(F)(F)F)c1cc(OCC2CC2)c(Cl)cn1. The van der Waals surface area contributed by atoms with Crippen molar-refractivity contribution >= 4 is 17.5 Å². The zero-order valence-corrected chi connectivity index (χ0v) is 21.5. The molecule has 0 spiro atoms. The normalized spacial score (nSPS) is 14.5. The van der Waals surface area contributed by atoms with E-state index in [2.05, 4.69) is 49.5 Å². The van der Waals surface area contributed by atoms with Gasteiger partial charge >= 0.3 is 6.18 Å². The lowest BCUT2D eigenvalue weighted by molar-refractivity contribution is -0.156. The fraction of sp³-hybridized carbons (Fsp3) is 0.560. The minimum atomic E-state index is -4.71. The predicted molar refractivity (Wildman–Crippen MR) is 131 cm³/mol. The number of amides is 1. The van der Waals surface area contributed by atoms with Gasteiger partial charge in [-0.05, 0) is 65.1 Å². The van der Waals surface area contributed by atoms with Crippen molar-refractivity contribution in [1.29, 1.82) is 0 Å². The Kier molecular flexibility index (Phi) is 10.8. The molecule has 35 heavy (non-hydrogen) atoms. The molecular formula is C25H34ClF3N4O2. The third kappa shape index (κ3) is 9.29. The number of nitrogens with one attached hydrogen (secondary N) is 1. The fourth-order valence-electron chi connectivity index (χ4n) is 3.55. The fourth-order valence-corrected chi connectivity index (χ4v) is 3.71. The van der Waals surface area contributed by atoms with Crippen LogP contribution in [0.3, 0.4) is 0 Å². The summed E-state index contributed by atoms with van der Waals surface area (Å²) >= 11 is 5.97. The first-order valence-corrected chi connectivity index (χ1v) is 12.1. The zero-order chi connectivity index (χ0) is 26.2. The molecule has 1 aliphatic carbocycles. The molecule has 1 aliphatic rings. The van der Waals surface area contributed by atoms with Crippen molar-refractivity contribution in [3.05, 3.63) is 53.1 Å². The average Bonchev–Trinajstić information content (AvgIpc) is 3.61. The van der Waals surface area contributed by atoms with Crippen LogP contribution in [0.15, 0.2) is 36.7 Å². The first-order chi connectivity index (χ1) is 16.4. The van der Waals surface area contributed by atoms with Crippen molar-refractivity contribution in [3.63, 3.8) is 0 Å². The molecule has 3 rings (SSSR count). The molecule has 10 heteroatoms. The Bertz CT molecular complexity index is 930. The minimum Gasteiger partial charge on any atom is -0.492 e. The lowest BCUT2D eigenvalue weighted by atomic mass is 10.1. The summed E-state index contributed by atoms with van der Waals surface area (Å²) in [5.74, 6) is -0.318. The van der Waals surface area contributed by atoms with Crippen molar-refractivity contribution in [2.45, 2.75) is 71.8 Å². The lowest BCUT2D eigenvalue weighted by Crippen LogP contribution is -2.39. The molecule has 0 saturated heterocycles. The van der Waals surface area contributed by atoms with Crippen molar-refractivity contribution in [2.24, 2.45) is 5.92 Å². The van der Waals surface area contributed by atoms with Gasteiger partial charge in [0.2, 0.25) is 0 Å². The second-order valence-corrected chi connectivity index (χ2v) is 9.38. The Morgan fingerprint density at radius 2 is 1.86 bits per heavy atom. The Morgan fingerprint density at radius 1 is 1.20 bits per heavy atom. The van der Waals surface area contributed by atoms with Crippen molar-refractivity contribution < 1.29 is 22.7 Å². The molecule has 2 aromatic rings. The van der Waals surface area contributed by atoms with Crippen LogP contribution >= 0.6 is 11.6 Å². The van der Waals surface area contributed by atoms with Crippen molar-refractivity contribution in [1.82, 2.24) is 20.2 Å². The number of carbonyl (C=O) groups excluding carboxylic acids is 1. The van der Waals surface area contributed by atoms with Gasteiger partial charge in [0, 0.05) is 24.3 Å². The molecule has 1 saturated carbocycles. The molecule has 1 fully saturated rings. The Hall–Kier alpha value is -2.39. The summed E-state index contributed by atoms with van der Waals surface area (Å²) in [7, 11) is 0. The molecule has 194 valence electrons. The largest absolute Gasteiger partial charge is 0.492 e. The topological polar surface area (TPSA) is 67.4 Å². The Balaban J connectivity index is 0.000000410. The number of nitrogens with zero attached hydrogens (tertiary/aromatic N) is 3.